The van der Waals surface area contributed by atoms with E-state index in [-0.39, 0.29) is 5.56 Å². The summed E-state index contributed by atoms with van der Waals surface area (Å²) in [6.07, 6.45) is 0. The summed E-state index contributed by atoms with van der Waals surface area (Å²) in [4.78, 5) is 18.9. The van der Waals surface area contributed by atoms with Gasteiger partial charge in [-0.05, 0) is 43.3 Å². The van der Waals surface area contributed by atoms with Gasteiger partial charge in [0.25, 0.3) is 5.56 Å². The number of para-hydroxylation sites is 1. The fourth-order valence-electron chi connectivity index (χ4n) is 2.77. The first-order chi connectivity index (χ1) is 12.1. The second-order valence-corrected chi connectivity index (χ2v) is 6.89. The number of anilines is 1. The highest BCUT2D eigenvalue weighted by Gasteiger charge is 2.14. The van der Waals surface area contributed by atoms with E-state index in [4.69, 9.17) is 5.73 Å². The number of nitrogens with one attached hydrogen (secondary N) is 2. The Hall–Kier alpha value is -2.99. The van der Waals surface area contributed by atoms with Crippen molar-refractivity contribution in [3.05, 3.63) is 70.6 Å². The SMILES string of the molecule is Cc1[nH][nH]c(=O)c1-c1cc(Sc2ccc(N)cc2)c2ccccc2n1. The Kier molecular flexibility index (Phi) is 3.82. The Morgan fingerprint density at radius 1 is 1.04 bits per heavy atom. The number of fused-ring (bicyclic) bond motifs is 1. The molecule has 0 spiro atoms. The number of hydrogen-bond donors (Lipinski definition) is 3. The molecule has 6 heteroatoms. The largest absolute Gasteiger partial charge is 0.399 e. The van der Waals surface area contributed by atoms with Gasteiger partial charge in [-0.1, -0.05) is 30.0 Å². The molecule has 0 atom stereocenters. The second-order valence-electron chi connectivity index (χ2n) is 5.77. The number of aryl methyl sites for hydroxylation is 1. The van der Waals surface area contributed by atoms with Crippen LogP contribution in [0, 0.1) is 6.92 Å². The fourth-order valence-corrected chi connectivity index (χ4v) is 3.75. The standard InChI is InChI=1S/C19H16N4OS/c1-11-18(19(24)23-22-11)16-10-17(14-4-2-3-5-15(14)21-16)25-13-8-6-12(20)7-9-13/h2-10H,20H2,1H3,(H2,22,23,24). The van der Waals surface area contributed by atoms with Crippen LogP contribution in [0.4, 0.5) is 5.69 Å². The zero-order chi connectivity index (χ0) is 17.4. The van der Waals surface area contributed by atoms with Crippen LogP contribution >= 0.6 is 11.8 Å². The van der Waals surface area contributed by atoms with Crippen molar-refractivity contribution in [1.29, 1.82) is 0 Å². The zero-order valence-corrected chi connectivity index (χ0v) is 14.4. The van der Waals surface area contributed by atoms with Gasteiger partial charge in [-0.25, -0.2) is 4.98 Å². The molecule has 124 valence electrons. The van der Waals surface area contributed by atoms with Crippen molar-refractivity contribution >= 4 is 28.4 Å². The maximum Gasteiger partial charge on any atom is 0.273 e. The normalized spacial score (nSPS) is 11.1. The highest BCUT2D eigenvalue weighted by atomic mass is 32.2. The molecule has 0 fully saturated rings. The van der Waals surface area contributed by atoms with Gasteiger partial charge in [0.15, 0.2) is 0 Å². The van der Waals surface area contributed by atoms with Crippen molar-refractivity contribution in [2.24, 2.45) is 0 Å². The average molecular weight is 348 g/mol. The van der Waals surface area contributed by atoms with E-state index in [1.54, 1.807) is 11.8 Å². The molecular weight excluding hydrogens is 332 g/mol. The smallest absolute Gasteiger partial charge is 0.273 e. The number of nitrogen functional groups attached to an aromatic ring is 1. The van der Waals surface area contributed by atoms with Gasteiger partial charge in [-0.2, -0.15) is 0 Å². The van der Waals surface area contributed by atoms with Crippen LogP contribution in [0.1, 0.15) is 5.69 Å². The molecule has 25 heavy (non-hydrogen) atoms. The Bertz CT molecular complexity index is 1110. The van der Waals surface area contributed by atoms with Crippen molar-refractivity contribution in [1.82, 2.24) is 15.2 Å². The Balaban J connectivity index is 1.90. The van der Waals surface area contributed by atoms with E-state index in [2.05, 4.69) is 15.2 Å². The van der Waals surface area contributed by atoms with Crippen molar-refractivity contribution in [3.63, 3.8) is 0 Å². The summed E-state index contributed by atoms with van der Waals surface area (Å²) in [5, 5.41) is 6.53. The van der Waals surface area contributed by atoms with Gasteiger partial charge in [-0.15, -0.1) is 0 Å². The van der Waals surface area contributed by atoms with E-state index in [9.17, 15) is 4.79 Å². The number of aromatic amines is 2. The minimum atomic E-state index is -0.163. The van der Waals surface area contributed by atoms with Gasteiger partial charge in [-0.3, -0.25) is 9.89 Å². The molecule has 4 N–H and O–H groups in total. The van der Waals surface area contributed by atoms with Gasteiger partial charge in [0.1, 0.15) is 0 Å². The number of benzene rings is 2. The third kappa shape index (κ3) is 2.92. The minimum Gasteiger partial charge on any atom is -0.399 e. The van der Waals surface area contributed by atoms with Crippen molar-refractivity contribution < 1.29 is 0 Å². The first-order valence-corrected chi connectivity index (χ1v) is 8.64. The molecule has 2 aromatic carbocycles. The molecule has 0 aliphatic heterocycles. The van der Waals surface area contributed by atoms with Crippen molar-refractivity contribution in [2.75, 3.05) is 5.73 Å². The van der Waals surface area contributed by atoms with Crippen LogP contribution < -0.4 is 11.3 Å². The van der Waals surface area contributed by atoms with E-state index in [0.29, 0.717) is 11.3 Å². The predicted octanol–water partition coefficient (Wildman–Crippen LogP) is 3.96. The molecule has 2 heterocycles. The molecule has 0 saturated carbocycles. The third-order valence-corrected chi connectivity index (χ3v) is 5.07. The van der Waals surface area contributed by atoms with Gasteiger partial charge in [0, 0.05) is 26.6 Å². The summed E-state index contributed by atoms with van der Waals surface area (Å²) in [5.74, 6) is 0. The molecule has 4 rings (SSSR count). The van der Waals surface area contributed by atoms with Crippen LogP contribution in [0.25, 0.3) is 22.2 Å². The molecule has 2 aromatic heterocycles. The van der Waals surface area contributed by atoms with Crippen molar-refractivity contribution in [2.45, 2.75) is 16.7 Å². The van der Waals surface area contributed by atoms with Crippen LogP contribution in [0.5, 0.6) is 0 Å². The molecule has 0 unspecified atom stereocenters. The van der Waals surface area contributed by atoms with Crippen LogP contribution in [0.15, 0.2) is 69.2 Å². The van der Waals surface area contributed by atoms with E-state index in [1.165, 1.54) is 0 Å². The molecule has 4 aromatic rings. The Morgan fingerprint density at radius 2 is 1.80 bits per heavy atom. The second kappa shape index (κ2) is 6.14. The summed E-state index contributed by atoms with van der Waals surface area (Å²) in [6, 6.07) is 17.7. The van der Waals surface area contributed by atoms with Gasteiger partial charge in [0.2, 0.25) is 0 Å². The van der Waals surface area contributed by atoms with Crippen LogP contribution in [-0.4, -0.2) is 15.2 Å². The summed E-state index contributed by atoms with van der Waals surface area (Å²) >= 11 is 1.63. The first-order valence-electron chi connectivity index (χ1n) is 7.82. The number of pyridine rings is 1. The van der Waals surface area contributed by atoms with E-state index >= 15 is 0 Å². The topological polar surface area (TPSA) is 87.6 Å². The Morgan fingerprint density at radius 3 is 2.52 bits per heavy atom. The number of aromatic nitrogens is 3. The maximum absolute atomic E-state index is 12.1. The zero-order valence-electron chi connectivity index (χ0n) is 13.5. The van der Waals surface area contributed by atoms with E-state index < -0.39 is 0 Å². The van der Waals surface area contributed by atoms with Crippen LogP contribution in [0.3, 0.4) is 0 Å². The number of hydrogen-bond acceptors (Lipinski definition) is 4. The highest BCUT2D eigenvalue weighted by molar-refractivity contribution is 7.99. The number of nitrogens with two attached hydrogens (primary N) is 1. The fraction of sp³-hybridized carbons (Fsp3) is 0.0526. The lowest BCUT2D eigenvalue weighted by Gasteiger charge is -2.09. The number of rotatable bonds is 3. The van der Waals surface area contributed by atoms with Crippen LogP contribution in [0.2, 0.25) is 0 Å². The molecule has 0 bridgehead atoms. The quantitative estimate of drug-likeness (QED) is 0.489. The van der Waals surface area contributed by atoms with E-state index in [1.807, 2.05) is 61.5 Å². The third-order valence-electron chi connectivity index (χ3n) is 4.01. The van der Waals surface area contributed by atoms with Gasteiger partial charge in [0.05, 0.1) is 16.8 Å². The minimum absolute atomic E-state index is 0.163. The lowest BCUT2D eigenvalue weighted by atomic mass is 10.1. The maximum atomic E-state index is 12.1. The predicted molar refractivity (Wildman–Crippen MR) is 102 cm³/mol. The Labute approximate surface area is 148 Å². The summed E-state index contributed by atoms with van der Waals surface area (Å²) in [5.41, 5.74) is 9.21. The lowest BCUT2D eigenvalue weighted by molar-refractivity contribution is 1.02. The van der Waals surface area contributed by atoms with Crippen LogP contribution in [-0.2, 0) is 0 Å². The molecule has 0 saturated heterocycles. The van der Waals surface area contributed by atoms with Gasteiger partial charge < -0.3 is 10.8 Å². The molecule has 0 aliphatic rings. The number of H-pyrrole nitrogens is 2. The number of nitrogens with zero attached hydrogens (tertiary/aromatic N) is 1. The molecule has 0 radical (unpaired) electrons. The molecule has 5 nitrogen and oxygen atoms in total. The average Bonchev–Trinajstić information content (AvgIpc) is 2.95. The lowest BCUT2D eigenvalue weighted by Crippen LogP contribution is -2.03. The van der Waals surface area contributed by atoms with Crippen molar-refractivity contribution in [3.8, 4) is 11.3 Å². The molecule has 0 amide bonds. The summed E-state index contributed by atoms with van der Waals surface area (Å²) in [6.45, 7) is 1.86. The van der Waals surface area contributed by atoms with Gasteiger partial charge >= 0.3 is 0 Å². The highest BCUT2D eigenvalue weighted by Crippen LogP contribution is 2.35. The molecule has 0 aliphatic carbocycles. The molecular formula is C19H16N4OS. The first kappa shape index (κ1) is 15.5. The van der Waals surface area contributed by atoms with E-state index in [0.717, 1.165) is 32.1 Å². The summed E-state index contributed by atoms with van der Waals surface area (Å²) < 4.78 is 0. The summed E-state index contributed by atoms with van der Waals surface area (Å²) in [7, 11) is 0. The monoisotopic (exact) mass is 348 g/mol.